The van der Waals surface area contributed by atoms with Gasteiger partial charge in [-0.25, -0.2) is 0 Å². The summed E-state index contributed by atoms with van der Waals surface area (Å²) in [5.74, 6) is 0. The zero-order valence-corrected chi connectivity index (χ0v) is 11.8. The van der Waals surface area contributed by atoms with E-state index >= 15 is 0 Å². The summed E-state index contributed by atoms with van der Waals surface area (Å²) in [6, 6.07) is 16.9. The van der Waals surface area contributed by atoms with Gasteiger partial charge in [0.1, 0.15) is 0 Å². The van der Waals surface area contributed by atoms with E-state index in [1.54, 1.807) is 0 Å². The predicted octanol–water partition coefficient (Wildman–Crippen LogP) is 2.34. The van der Waals surface area contributed by atoms with Crippen LogP contribution in [0.3, 0.4) is 0 Å². The van der Waals surface area contributed by atoms with E-state index in [1.165, 1.54) is 0 Å². The van der Waals surface area contributed by atoms with Gasteiger partial charge < -0.3 is 0 Å². The normalized spacial score (nSPS) is 12.5. The molecule has 0 saturated carbocycles. The van der Waals surface area contributed by atoms with Crippen LogP contribution in [0.25, 0.3) is 9.65 Å². The number of benzene rings is 2. The van der Waals surface area contributed by atoms with Gasteiger partial charge in [-0.15, -0.1) is 0 Å². The average Bonchev–Trinajstić information content (AvgIpc) is 2.48. The first-order chi connectivity index (χ1) is 9.27. The Morgan fingerprint density at radius 2 is 1.63 bits per heavy atom. The quantitative estimate of drug-likeness (QED) is 0.737. The topological polar surface area (TPSA) is 37.3 Å². The fourth-order valence-electron chi connectivity index (χ4n) is 2.10. The zero-order valence-electron chi connectivity index (χ0n) is 10.1. The Labute approximate surface area is 116 Å². The number of hydrogen-bond donors (Lipinski definition) is 1. The van der Waals surface area contributed by atoms with Crippen LogP contribution in [0.1, 0.15) is 17.2 Å². The number of aliphatic hydroxyl groups is 1. The van der Waals surface area contributed by atoms with Crippen LogP contribution < -0.4 is 5.43 Å². The third-order valence-electron chi connectivity index (χ3n) is 3.12. The summed E-state index contributed by atoms with van der Waals surface area (Å²) in [5.41, 5.74) is 1.21. The van der Waals surface area contributed by atoms with Crippen molar-refractivity contribution in [2.24, 2.45) is 0 Å². The van der Waals surface area contributed by atoms with E-state index < -0.39 is 6.10 Å². The second-order valence-corrected chi connectivity index (χ2v) is 6.24. The van der Waals surface area contributed by atoms with Gasteiger partial charge in [-0.3, -0.25) is 0 Å². The van der Waals surface area contributed by atoms with Gasteiger partial charge in [-0.2, -0.15) is 0 Å². The Balaban J connectivity index is 2.16. The molecule has 0 aliphatic rings. The molecular formula is C16H12O2Se. The molecule has 0 bridgehead atoms. The molecule has 0 spiro atoms. The molecule has 2 aromatic carbocycles. The van der Waals surface area contributed by atoms with Crippen molar-refractivity contribution in [3.63, 3.8) is 0 Å². The molecule has 2 nitrogen and oxygen atoms in total. The summed E-state index contributed by atoms with van der Waals surface area (Å²) in [5, 5.41) is 11.1. The van der Waals surface area contributed by atoms with Crippen LogP contribution in [0.2, 0.25) is 0 Å². The molecule has 0 amide bonds. The summed E-state index contributed by atoms with van der Waals surface area (Å²) in [6.45, 7) is 0. The Morgan fingerprint density at radius 3 is 2.42 bits per heavy atom. The van der Waals surface area contributed by atoms with Gasteiger partial charge in [0.05, 0.1) is 0 Å². The minimum atomic E-state index is -0.830. The molecule has 1 atom stereocenters. The zero-order chi connectivity index (χ0) is 13.2. The molecule has 0 aliphatic heterocycles. The van der Waals surface area contributed by atoms with Crippen molar-refractivity contribution in [1.82, 2.24) is 0 Å². The van der Waals surface area contributed by atoms with E-state index in [0.717, 1.165) is 15.2 Å². The van der Waals surface area contributed by atoms with Crippen LogP contribution in [-0.2, 0) is 0 Å². The van der Waals surface area contributed by atoms with Gasteiger partial charge in [0.25, 0.3) is 0 Å². The second kappa shape index (κ2) is 5.14. The van der Waals surface area contributed by atoms with Crippen LogP contribution in [-0.4, -0.2) is 19.6 Å². The fraction of sp³-hybridized carbons (Fsp3) is 0.0625. The Bertz CT molecular complexity index is 762. The van der Waals surface area contributed by atoms with Crippen LogP contribution in [0.15, 0.2) is 64.3 Å². The fourth-order valence-corrected chi connectivity index (χ4v) is 4.06. The average molecular weight is 315 g/mol. The van der Waals surface area contributed by atoms with Gasteiger partial charge in [-0.1, -0.05) is 0 Å². The molecular weight excluding hydrogens is 303 g/mol. The van der Waals surface area contributed by atoms with E-state index in [4.69, 9.17) is 0 Å². The van der Waals surface area contributed by atoms with E-state index in [9.17, 15) is 9.90 Å². The Kier molecular flexibility index (Phi) is 3.34. The van der Waals surface area contributed by atoms with Gasteiger partial charge in [0.2, 0.25) is 0 Å². The summed E-state index contributed by atoms with van der Waals surface area (Å²) in [4.78, 5) is 14.3. The first-order valence-electron chi connectivity index (χ1n) is 6.01. The van der Waals surface area contributed by atoms with E-state index in [-0.39, 0.29) is 19.9 Å². The van der Waals surface area contributed by atoms with Crippen molar-refractivity contribution in [3.05, 3.63) is 80.9 Å². The molecule has 19 heavy (non-hydrogen) atoms. The summed E-state index contributed by atoms with van der Waals surface area (Å²) >= 11 is 0.107. The van der Waals surface area contributed by atoms with Crippen molar-refractivity contribution < 1.29 is 5.11 Å². The van der Waals surface area contributed by atoms with E-state index in [2.05, 4.69) is 0 Å². The minimum absolute atomic E-state index is 0.0555. The first kappa shape index (κ1) is 12.4. The molecule has 3 aromatic rings. The SMILES string of the molecule is O=c1c(C(O)c2ccccc2)c[se]c2ccccc12. The van der Waals surface area contributed by atoms with Gasteiger partial charge in [-0.05, 0) is 0 Å². The van der Waals surface area contributed by atoms with Crippen molar-refractivity contribution in [2.75, 3.05) is 0 Å². The maximum absolute atomic E-state index is 12.4. The molecule has 0 aliphatic carbocycles. The maximum atomic E-state index is 12.4. The van der Waals surface area contributed by atoms with Crippen molar-refractivity contribution in [3.8, 4) is 0 Å². The van der Waals surface area contributed by atoms with Crippen LogP contribution in [0.4, 0.5) is 0 Å². The third kappa shape index (κ3) is 2.28. The molecule has 0 radical (unpaired) electrons. The Hall–Kier alpha value is -1.67. The molecule has 0 fully saturated rings. The van der Waals surface area contributed by atoms with Crippen molar-refractivity contribution in [2.45, 2.75) is 6.10 Å². The van der Waals surface area contributed by atoms with Gasteiger partial charge in [0, 0.05) is 0 Å². The van der Waals surface area contributed by atoms with Crippen LogP contribution in [0.5, 0.6) is 0 Å². The number of fused-ring (bicyclic) bond motifs is 1. The molecule has 1 unspecified atom stereocenters. The molecule has 1 N–H and O–H groups in total. The monoisotopic (exact) mass is 316 g/mol. The van der Waals surface area contributed by atoms with Crippen LogP contribution in [0, 0.1) is 0 Å². The van der Waals surface area contributed by atoms with Crippen LogP contribution >= 0.6 is 0 Å². The molecule has 3 heteroatoms. The number of aliphatic hydroxyl groups excluding tert-OH is 1. The molecule has 0 saturated heterocycles. The standard InChI is InChI=1S/C16H12O2Se/c17-15(11-6-2-1-3-7-11)13-10-19-14-9-5-4-8-12(14)16(13)18/h1-10,15,17H. The summed E-state index contributed by atoms with van der Waals surface area (Å²) < 4.78 is 1.09. The van der Waals surface area contributed by atoms with Gasteiger partial charge >= 0.3 is 116 Å². The molecule has 1 heterocycles. The van der Waals surface area contributed by atoms with Crippen molar-refractivity contribution >= 4 is 24.1 Å². The number of hydrogen-bond acceptors (Lipinski definition) is 2. The number of rotatable bonds is 2. The van der Waals surface area contributed by atoms with Crippen molar-refractivity contribution in [1.29, 1.82) is 0 Å². The van der Waals surface area contributed by atoms with E-state index in [1.807, 2.05) is 59.5 Å². The first-order valence-corrected chi connectivity index (χ1v) is 7.85. The summed E-state index contributed by atoms with van der Waals surface area (Å²) in [7, 11) is 0. The molecule has 94 valence electrons. The van der Waals surface area contributed by atoms with E-state index in [0.29, 0.717) is 5.56 Å². The summed E-state index contributed by atoms with van der Waals surface area (Å²) in [6.07, 6.45) is -0.830. The van der Waals surface area contributed by atoms with Gasteiger partial charge in [0.15, 0.2) is 0 Å². The second-order valence-electron chi connectivity index (χ2n) is 4.33. The molecule has 1 aromatic heterocycles. The third-order valence-corrected chi connectivity index (χ3v) is 5.18. The predicted molar refractivity (Wildman–Crippen MR) is 77.7 cm³/mol. The molecule has 3 rings (SSSR count). The Morgan fingerprint density at radius 1 is 0.947 bits per heavy atom.